The largest absolute Gasteiger partial charge is 0.479 e. The standard InChI is InChI=1S/C8H12Cl2O5/c1-7(2)14-3-4(15-7)5(11)8(9,10)6(12)13/h4-5,11H,3H2,1-2H3,(H,12,13). The lowest BCUT2D eigenvalue weighted by atomic mass is 10.1. The van der Waals surface area contributed by atoms with Crippen LogP contribution < -0.4 is 0 Å². The molecule has 1 aliphatic heterocycles. The third kappa shape index (κ3) is 2.73. The predicted octanol–water partition coefficient (Wildman–Crippen LogP) is 0.757. The average molecular weight is 259 g/mol. The monoisotopic (exact) mass is 258 g/mol. The Morgan fingerprint density at radius 1 is 1.60 bits per heavy atom. The number of rotatable bonds is 3. The molecule has 88 valence electrons. The molecule has 5 nitrogen and oxygen atoms in total. The Morgan fingerprint density at radius 3 is 2.47 bits per heavy atom. The van der Waals surface area contributed by atoms with Gasteiger partial charge < -0.3 is 19.7 Å². The predicted molar refractivity (Wildman–Crippen MR) is 53.0 cm³/mol. The molecule has 15 heavy (non-hydrogen) atoms. The Kier molecular flexibility index (Phi) is 3.52. The smallest absolute Gasteiger partial charge is 0.343 e. The summed E-state index contributed by atoms with van der Waals surface area (Å²) < 4.78 is 8.10. The van der Waals surface area contributed by atoms with Gasteiger partial charge in [0, 0.05) is 0 Å². The molecule has 1 fully saturated rings. The second-order valence-corrected chi connectivity index (χ2v) is 5.13. The molecule has 0 amide bonds. The summed E-state index contributed by atoms with van der Waals surface area (Å²) in [6, 6.07) is 0. The maximum atomic E-state index is 10.7. The van der Waals surface area contributed by atoms with Gasteiger partial charge in [0.2, 0.25) is 4.33 Å². The van der Waals surface area contributed by atoms with E-state index in [1.54, 1.807) is 13.8 Å². The fourth-order valence-electron chi connectivity index (χ4n) is 1.23. The number of carbonyl (C=O) groups is 1. The van der Waals surface area contributed by atoms with Crippen LogP contribution >= 0.6 is 23.2 Å². The number of hydrogen-bond donors (Lipinski definition) is 2. The Labute approximate surface area is 96.9 Å². The first-order chi connectivity index (χ1) is 6.67. The molecule has 2 atom stereocenters. The van der Waals surface area contributed by atoms with Gasteiger partial charge in [-0.05, 0) is 13.8 Å². The maximum absolute atomic E-state index is 10.7. The zero-order valence-electron chi connectivity index (χ0n) is 8.24. The van der Waals surface area contributed by atoms with E-state index in [9.17, 15) is 9.90 Å². The lowest BCUT2D eigenvalue weighted by Gasteiger charge is -2.26. The van der Waals surface area contributed by atoms with Gasteiger partial charge in [-0.15, -0.1) is 0 Å². The zero-order chi connectivity index (χ0) is 11.9. The van der Waals surface area contributed by atoms with Crippen molar-refractivity contribution in [2.75, 3.05) is 6.61 Å². The lowest BCUT2D eigenvalue weighted by molar-refractivity contribution is -0.158. The summed E-state index contributed by atoms with van der Waals surface area (Å²) in [6.45, 7) is 3.33. The summed E-state index contributed by atoms with van der Waals surface area (Å²) in [5, 5.41) is 18.3. The maximum Gasteiger partial charge on any atom is 0.343 e. The third-order valence-corrected chi connectivity index (χ3v) is 2.81. The number of halogens is 2. The summed E-state index contributed by atoms with van der Waals surface area (Å²) in [4.78, 5) is 10.7. The Bertz CT molecular complexity index is 266. The lowest BCUT2D eigenvalue weighted by Crippen LogP contribution is -2.47. The minimum absolute atomic E-state index is 0.0443. The summed E-state index contributed by atoms with van der Waals surface area (Å²) in [5.74, 6) is -2.39. The van der Waals surface area contributed by atoms with Crippen molar-refractivity contribution in [3.05, 3.63) is 0 Å². The number of ether oxygens (including phenoxy) is 2. The van der Waals surface area contributed by atoms with Crippen LogP contribution in [0.5, 0.6) is 0 Å². The zero-order valence-corrected chi connectivity index (χ0v) is 9.75. The molecule has 1 saturated heterocycles. The molecule has 7 heteroatoms. The highest BCUT2D eigenvalue weighted by atomic mass is 35.5. The second-order valence-electron chi connectivity index (χ2n) is 3.74. The van der Waals surface area contributed by atoms with Crippen molar-refractivity contribution < 1.29 is 24.5 Å². The molecule has 1 rings (SSSR count). The molecular formula is C8H12Cl2O5. The number of carboxylic acids is 1. The van der Waals surface area contributed by atoms with E-state index in [-0.39, 0.29) is 6.61 Å². The first kappa shape index (κ1) is 13.0. The van der Waals surface area contributed by atoms with Gasteiger partial charge >= 0.3 is 5.97 Å². The molecule has 0 radical (unpaired) electrons. The minimum Gasteiger partial charge on any atom is -0.479 e. The van der Waals surface area contributed by atoms with Gasteiger partial charge in [-0.2, -0.15) is 0 Å². The highest BCUT2D eigenvalue weighted by Gasteiger charge is 2.50. The van der Waals surface area contributed by atoms with E-state index in [0.717, 1.165) is 0 Å². The molecular weight excluding hydrogens is 247 g/mol. The SMILES string of the molecule is CC1(C)OCC(C(O)C(Cl)(Cl)C(=O)O)O1. The molecule has 2 N–H and O–H groups in total. The van der Waals surface area contributed by atoms with Crippen LogP contribution in [0.15, 0.2) is 0 Å². The fraction of sp³-hybridized carbons (Fsp3) is 0.875. The van der Waals surface area contributed by atoms with E-state index in [0.29, 0.717) is 0 Å². The van der Waals surface area contributed by atoms with Crippen LogP contribution in [0.4, 0.5) is 0 Å². The van der Waals surface area contributed by atoms with Crippen molar-refractivity contribution in [1.82, 2.24) is 0 Å². The van der Waals surface area contributed by atoms with E-state index in [2.05, 4.69) is 0 Å². The molecule has 0 aromatic heterocycles. The van der Waals surface area contributed by atoms with Crippen LogP contribution in [0, 0.1) is 0 Å². The quantitative estimate of drug-likeness (QED) is 0.731. The van der Waals surface area contributed by atoms with Gasteiger partial charge in [0.25, 0.3) is 0 Å². The van der Waals surface area contributed by atoms with E-state index in [1.807, 2.05) is 0 Å². The van der Waals surface area contributed by atoms with Gasteiger partial charge in [-0.25, -0.2) is 4.79 Å². The minimum atomic E-state index is -2.30. The Balaban J connectivity index is 2.70. The molecule has 2 unspecified atom stereocenters. The first-order valence-electron chi connectivity index (χ1n) is 4.28. The van der Waals surface area contributed by atoms with Crippen molar-refractivity contribution in [1.29, 1.82) is 0 Å². The normalized spacial score (nSPS) is 27.7. The van der Waals surface area contributed by atoms with Crippen molar-refractivity contribution in [3.63, 3.8) is 0 Å². The highest BCUT2D eigenvalue weighted by Crippen LogP contribution is 2.33. The summed E-state index contributed by atoms with van der Waals surface area (Å²) >= 11 is 11.0. The van der Waals surface area contributed by atoms with Gasteiger partial charge in [0.05, 0.1) is 6.61 Å². The number of carboxylic acid groups (broad SMARTS) is 1. The molecule has 0 bridgehead atoms. The highest BCUT2D eigenvalue weighted by molar-refractivity contribution is 6.57. The van der Waals surface area contributed by atoms with Crippen LogP contribution in [-0.2, 0) is 14.3 Å². The number of aliphatic carboxylic acids is 1. The van der Waals surface area contributed by atoms with Crippen molar-refractivity contribution in [3.8, 4) is 0 Å². The average Bonchev–Trinajstić information content (AvgIpc) is 2.44. The van der Waals surface area contributed by atoms with Gasteiger partial charge in [0.15, 0.2) is 5.79 Å². The number of aliphatic hydroxyl groups excluding tert-OH is 1. The van der Waals surface area contributed by atoms with Crippen molar-refractivity contribution in [2.24, 2.45) is 0 Å². The summed E-state index contributed by atoms with van der Waals surface area (Å²) in [7, 11) is 0. The first-order valence-corrected chi connectivity index (χ1v) is 5.03. The van der Waals surface area contributed by atoms with E-state index in [1.165, 1.54) is 0 Å². The number of hydrogen-bond acceptors (Lipinski definition) is 4. The summed E-state index contributed by atoms with van der Waals surface area (Å²) in [5.41, 5.74) is 0. The second kappa shape index (κ2) is 4.07. The topological polar surface area (TPSA) is 76.0 Å². The van der Waals surface area contributed by atoms with Crippen LogP contribution in [-0.4, -0.2) is 45.1 Å². The van der Waals surface area contributed by atoms with Gasteiger partial charge in [-0.3, -0.25) is 0 Å². The molecule has 0 spiro atoms. The molecule has 1 aliphatic rings. The molecule has 0 saturated carbocycles. The molecule has 0 aromatic carbocycles. The Hall–Kier alpha value is -0.0700. The number of aliphatic hydroxyl groups is 1. The third-order valence-electron chi connectivity index (χ3n) is 2.04. The van der Waals surface area contributed by atoms with Crippen LogP contribution in [0.2, 0.25) is 0 Å². The van der Waals surface area contributed by atoms with E-state index < -0.39 is 28.3 Å². The van der Waals surface area contributed by atoms with Crippen molar-refractivity contribution >= 4 is 29.2 Å². The molecule has 1 heterocycles. The van der Waals surface area contributed by atoms with E-state index in [4.69, 9.17) is 37.8 Å². The van der Waals surface area contributed by atoms with Crippen LogP contribution in [0.1, 0.15) is 13.8 Å². The summed E-state index contributed by atoms with van der Waals surface area (Å²) in [6.07, 6.45) is -2.41. The van der Waals surface area contributed by atoms with Crippen molar-refractivity contribution in [2.45, 2.75) is 36.2 Å². The fourth-order valence-corrected chi connectivity index (χ4v) is 1.51. The van der Waals surface area contributed by atoms with Crippen LogP contribution in [0.25, 0.3) is 0 Å². The molecule has 0 aliphatic carbocycles. The van der Waals surface area contributed by atoms with Gasteiger partial charge in [-0.1, -0.05) is 23.2 Å². The van der Waals surface area contributed by atoms with Gasteiger partial charge in [0.1, 0.15) is 12.2 Å². The van der Waals surface area contributed by atoms with Crippen LogP contribution in [0.3, 0.4) is 0 Å². The number of alkyl halides is 2. The molecule has 0 aromatic rings. The van der Waals surface area contributed by atoms with E-state index >= 15 is 0 Å². The Morgan fingerprint density at radius 2 is 2.13 bits per heavy atom.